The summed E-state index contributed by atoms with van der Waals surface area (Å²) in [7, 11) is 0. The maximum absolute atomic E-state index is 11.6. The molecule has 0 saturated heterocycles. The Morgan fingerprint density at radius 1 is 1.29 bits per heavy atom. The van der Waals surface area contributed by atoms with Crippen LogP contribution in [0.15, 0.2) is 0 Å². The van der Waals surface area contributed by atoms with E-state index in [4.69, 9.17) is 10.8 Å². The first-order chi connectivity index (χ1) is 7.97. The summed E-state index contributed by atoms with van der Waals surface area (Å²) in [6.45, 7) is 2.52. The van der Waals surface area contributed by atoms with Crippen LogP contribution >= 0.6 is 11.8 Å². The van der Waals surface area contributed by atoms with Crippen LogP contribution in [0.4, 0.5) is 0 Å². The predicted octanol–water partition coefficient (Wildman–Crippen LogP) is -0.0818. The van der Waals surface area contributed by atoms with Gasteiger partial charge in [0.15, 0.2) is 0 Å². The summed E-state index contributed by atoms with van der Waals surface area (Å²) in [5.74, 6) is -0.689. The molecule has 0 saturated carbocycles. The molecule has 0 spiro atoms. The lowest BCUT2D eigenvalue weighted by atomic mass is 10.3. The van der Waals surface area contributed by atoms with E-state index in [0.29, 0.717) is 18.7 Å². The monoisotopic (exact) mass is 262 g/mol. The highest BCUT2D eigenvalue weighted by atomic mass is 32.2. The van der Waals surface area contributed by atoms with Crippen LogP contribution in [0.5, 0.6) is 0 Å². The van der Waals surface area contributed by atoms with Gasteiger partial charge in [0, 0.05) is 25.3 Å². The minimum absolute atomic E-state index is 0.0476. The molecule has 0 unspecified atom stereocenters. The molecule has 0 aliphatic rings. The third kappa shape index (κ3) is 8.56. The first-order valence-electron chi connectivity index (χ1n) is 5.33. The van der Waals surface area contributed by atoms with Gasteiger partial charge in [0.1, 0.15) is 0 Å². The van der Waals surface area contributed by atoms with Gasteiger partial charge in [-0.3, -0.25) is 14.4 Å². The van der Waals surface area contributed by atoms with Crippen LogP contribution in [0.3, 0.4) is 0 Å². The van der Waals surface area contributed by atoms with Gasteiger partial charge in [-0.15, -0.1) is 0 Å². The molecule has 0 rings (SSSR count). The Kier molecular flexibility index (Phi) is 8.21. The van der Waals surface area contributed by atoms with Gasteiger partial charge >= 0.3 is 5.97 Å². The smallest absolute Gasteiger partial charge is 0.305 e. The van der Waals surface area contributed by atoms with Crippen LogP contribution < -0.4 is 5.73 Å². The summed E-state index contributed by atoms with van der Waals surface area (Å²) in [5.41, 5.74) is 4.96. The lowest BCUT2D eigenvalue weighted by molar-refractivity contribution is -0.138. The Morgan fingerprint density at radius 2 is 1.94 bits per heavy atom. The van der Waals surface area contributed by atoms with E-state index in [2.05, 4.69) is 0 Å². The second kappa shape index (κ2) is 8.86. The maximum atomic E-state index is 11.6. The van der Waals surface area contributed by atoms with E-state index >= 15 is 0 Å². The first-order valence-corrected chi connectivity index (χ1v) is 6.48. The highest BCUT2D eigenvalue weighted by Gasteiger charge is 2.12. The summed E-state index contributed by atoms with van der Waals surface area (Å²) in [6, 6.07) is 0. The molecule has 0 aliphatic carbocycles. The van der Waals surface area contributed by atoms with Crippen LogP contribution in [-0.4, -0.2) is 52.4 Å². The zero-order chi connectivity index (χ0) is 13.3. The Bertz CT molecular complexity index is 283. The molecule has 7 heteroatoms. The molecular weight excluding hydrogens is 244 g/mol. The number of primary amides is 1. The number of thioether (sulfide) groups is 1. The number of hydrogen-bond acceptors (Lipinski definition) is 4. The molecule has 0 heterocycles. The molecule has 0 fully saturated rings. The Balaban J connectivity index is 3.83. The van der Waals surface area contributed by atoms with Crippen molar-refractivity contribution in [3.63, 3.8) is 0 Å². The van der Waals surface area contributed by atoms with Crippen LogP contribution in [0.25, 0.3) is 0 Å². The van der Waals surface area contributed by atoms with Gasteiger partial charge in [-0.05, 0) is 6.92 Å². The molecule has 0 aromatic heterocycles. The fourth-order valence-electron chi connectivity index (χ4n) is 1.18. The summed E-state index contributed by atoms with van der Waals surface area (Å²) < 4.78 is 0. The van der Waals surface area contributed by atoms with Gasteiger partial charge in [0.05, 0.1) is 12.2 Å². The molecule has 0 aromatic rings. The quantitative estimate of drug-likeness (QED) is 0.566. The summed E-state index contributed by atoms with van der Waals surface area (Å²) in [5, 5.41) is 8.52. The fraction of sp³-hybridized carbons (Fsp3) is 0.700. The van der Waals surface area contributed by atoms with Crippen molar-refractivity contribution < 1.29 is 19.5 Å². The van der Waals surface area contributed by atoms with Gasteiger partial charge in [0.2, 0.25) is 11.8 Å². The maximum Gasteiger partial charge on any atom is 0.305 e. The third-order valence-corrected chi connectivity index (χ3v) is 3.02. The van der Waals surface area contributed by atoms with Crippen LogP contribution in [0, 0.1) is 0 Å². The minimum atomic E-state index is -0.917. The summed E-state index contributed by atoms with van der Waals surface area (Å²) in [6.07, 6.45) is 0.249. The third-order valence-electron chi connectivity index (χ3n) is 2.03. The van der Waals surface area contributed by atoms with E-state index in [1.807, 2.05) is 0 Å². The van der Waals surface area contributed by atoms with Crippen molar-refractivity contribution in [3.8, 4) is 0 Å². The van der Waals surface area contributed by atoms with E-state index in [0.717, 1.165) is 0 Å². The van der Waals surface area contributed by atoms with E-state index in [-0.39, 0.29) is 24.6 Å². The van der Waals surface area contributed by atoms with Crippen molar-refractivity contribution in [3.05, 3.63) is 0 Å². The number of rotatable bonds is 9. The van der Waals surface area contributed by atoms with Gasteiger partial charge in [0.25, 0.3) is 0 Å². The molecule has 0 bridgehead atoms. The van der Waals surface area contributed by atoms with Crippen molar-refractivity contribution in [2.45, 2.75) is 19.8 Å². The lowest BCUT2D eigenvalue weighted by Crippen LogP contribution is -2.33. The number of nitrogens with two attached hydrogens (primary N) is 1. The highest BCUT2D eigenvalue weighted by molar-refractivity contribution is 7.99. The molecule has 0 radical (unpaired) electrons. The number of carbonyl (C=O) groups excluding carboxylic acids is 2. The highest BCUT2D eigenvalue weighted by Crippen LogP contribution is 2.04. The second-order valence-corrected chi connectivity index (χ2v) is 4.49. The van der Waals surface area contributed by atoms with Gasteiger partial charge in [-0.1, -0.05) is 0 Å². The number of aliphatic carboxylic acids is 1. The molecular formula is C10H18N2O4S. The van der Waals surface area contributed by atoms with E-state index in [9.17, 15) is 14.4 Å². The van der Waals surface area contributed by atoms with Crippen molar-refractivity contribution in [1.29, 1.82) is 0 Å². The number of carboxylic acids is 1. The van der Waals surface area contributed by atoms with Gasteiger partial charge in [-0.2, -0.15) is 11.8 Å². The number of amides is 2. The van der Waals surface area contributed by atoms with E-state index < -0.39 is 11.9 Å². The number of nitrogens with zero attached hydrogens (tertiary/aromatic N) is 1. The number of carbonyl (C=O) groups is 3. The fourth-order valence-corrected chi connectivity index (χ4v) is 1.84. The van der Waals surface area contributed by atoms with Crippen molar-refractivity contribution in [2.24, 2.45) is 5.73 Å². The zero-order valence-corrected chi connectivity index (χ0v) is 10.7. The standard InChI is InChI=1S/C10H18N2O4S/c1-2-12(5-3-10(15)16)9(14)4-6-17-7-8(11)13/h2-7H2,1H3,(H2,11,13)(H,15,16). The molecule has 17 heavy (non-hydrogen) atoms. The number of carboxylic acid groups (broad SMARTS) is 1. The number of hydrogen-bond donors (Lipinski definition) is 2. The second-order valence-electron chi connectivity index (χ2n) is 3.39. The van der Waals surface area contributed by atoms with E-state index in [1.165, 1.54) is 16.7 Å². The average molecular weight is 262 g/mol. The summed E-state index contributed by atoms with van der Waals surface area (Å²) >= 11 is 1.30. The lowest BCUT2D eigenvalue weighted by Gasteiger charge is -2.19. The average Bonchev–Trinajstić information content (AvgIpc) is 2.24. The van der Waals surface area contributed by atoms with Crippen molar-refractivity contribution in [1.82, 2.24) is 4.90 Å². The van der Waals surface area contributed by atoms with Gasteiger partial charge in [-0.25, -0.2) is 0 Å². The molecule has 3 N–H and O–H groups in total. The molecule has 2 amide bonds. The first kappa shape index (κ1) is 15.8. The van der Waals surface area contributed by atoms with Gasteiger partial charge < -0.3 is 15.7 Å². The predicted molar refractivity (Wildman–Crippen MR) is 65.6 cm³/mol. The minimum Gasteiger partial charge on any atom is -0.481 e. The molecule has 6 nitrogen and oxygen atoms in total. The van der Waals surface area contributed by atoms with Crippen LogP contribution in [0.1, 0.15) is 19.8 Å². The Labute approximate surface area is 105 Å². The molecule has 0 aliphatic heterocycles. The van der Waals surface area contributed by atoms with Crippen molar-refractivity contribution >= 4 is 29.5 Å². The molecule has 98 valence electrons. The molecule has 0 aromatic carbocycles. The topological polar surface area (TPSA) is 101 Å². The van der Waals surface area contributed by atoms with Crippen LogP contribution in [0.2, 0.25) is 0 Å². The van der Waals surface area contributed by atoms with E-state index in [1.54, 1.807) is 6.92 Å². The normalized spacial score (nSPS) is 9.94. The zero-order valence-electron chi connectivity index (χ0n) is 9.85. The SMILES string of the molecule is CCN(CCC(=O)O)C(=O)CCSCC(N)=O. The summed E-state index contributed by atoms with van der Waals surface area (Å²) in [4.78, 5) is 34.0. The van der Waals surface area contributed by atoms with Crippen LogP contribution in [-0.2, 0) is 14.4 Å². The Morgan fingerprint density at radius 3 is 2.41 bits per heavy atom. The molecule has 0 atom stereocenters. The van der Waals surface area contributed by atoms with Crippen molar-refractivity contribution in [2.75, 3.05) is 24.6 Å². The Hall–Kier alpha value is -1.24. The largest absolute Gasteiger partial charge is 0.481 e.